The molecule has 0 bridgehead atoms. The summed E-state index contributed by atoms with van der Waals surface area (Å²) in [5.74, 6) is 0.646. The topological polar surface area (TPSA) is 112 Å². The maximum atomic E-state index is 14.0. The fraction of sp³-hybridized carbons (Fsp3) is 0.321. The quantitative estimate of drug-likeness (QED) is 0.313. The minimum Gasteiger partial charge on any atom is -0.496 e. The molecule has 0 saturated heterocycles. The van der Waals surface area contributed by atoms with Gasteiger partial charge in [0.05, 0.1) is 30.9 Å². The number of methoxy groups -OCH3 is 2. The van der Waals surface area contributed by atoms with E-state index in [9.17, 15) is 14.9 Å². The summed E-state index contributed by atoms with van der Waals surface area (Å²) >= 11 is 0. The lowest BCUT2D eigenvalue weighted by atomic mass is 9.77. The first-order valence-corrected chi connectivity index (χ1v) is 12.6. The second-order valence-electron chi connectivity index (χ2n) is 9.21. The molecule has 1 aromatic heterocycles. The smallest absolute Gasteiger partial charge is 0.320 e. The number of hydrogen-bond acceptors (Lipinski definition) is 7. The predicted octanol–water partition coefficient (Wildman–Crippen LogP) is 5.27. The van der Waals surface area contributed by atoms with Gasteiger partial charge in [0.15, 0.2) is 0 Å². The number of aromatic nitrogens is 2. The van der Waals surface area contributed by atoms with Crippen LogP contribution >= 0.6 is 0 Å². The Hall–Kier alpha value is -4.47. The zero-order valence-electron chi connectivity index (χ0n) is 21.5. The zero-order chi connectivity index (χ0) is 26.8. The van der Waals surface area contributed by atoms with Gasteiger partial charge in [-0.2, -0.15) is 10.2 Å². The van der Waals surface area contributed by atoms with Gasteiger partial charge in [0.2, 0.25) is 5.69 Å². The van der Waals surface area contributed by atoms with Crippen molar-refractivity contribution in [3.05, 3.63) is 87.2 Å². The number of para-hydroxylation sites is 2. The van der Waals surface area contributed by atoms with Gasteiger partial charge in [-0.15, -0.1) is 0 Å². The Balaban J connectivity index is 1.65. The van der Waals surface area contributed by atoms with E-state index in [1.54, 1.807) is 14.2 Å². The Morgan fingerprint density at radius 1 is 1.13 bits per heavy atom. The number of fused-ring (bicyclic) bond motifs is 1. The molecule has 1 fully saturated rings. The van der Waals surface area contributed by atoms with Crippen LogP contribution < -0.4 is 9.47 Å². The first-order chi connectivity index (χ1) is 18.5. The van der Waals surface area contributed by atoms with Crippen LogP contribution in [-0.4, -0.2) is 45.6 Å². The lowest BCUT2D eigenvalue weighted by molar-refractivity contribution is -0.385. The molecule has 196 valence electrons. The Labute approximate surface area is 220 Å². The molecule has 2 unspecified atom stereocenters. The fourth-order valence-electron chi connectivity index (χ4n) is 5.33. The summed E-state index contributed by atoms with van der Waals surface area (Å²) in [7, 11) is 3.22. The fourth-order valence-corrected chi connectivity index (χ4v) is 5.33. The first kappa shape index (κ1) is 25.2. The molecular formula is C28H29N5O5. The molecule has 2 heterocycles. The van der Waals surface area contributed by atoms with E-state index >= 15 is 0 Å². The Morgan fingerprint density at radius 2 is 1.84 bits per heavy atom. The molecule has 2 atom stereocenters. The van der Waals surface area contributed by atoms with Crippen LogP contribution in [0.4, 0.5) is 5.69 Å². The van der Waals surface area contributed by atoms with Crippen molar-refractivity contribution in [3.8, 4) is 11.5 Å². The van der Waals surface area contributed by atoms with Crippen LogP contribution in [0.25, 0.3) is 6.08 Å². The summed E-state index contributed by atoms with van der Waals surface area (Å²) in [6, 6.07) is 14.8. The monoisotopic (exact) mass is 515 g/mol. The van der Waals surface area contributed by atoms with Crippen LogP contribution in [0.3, 0.4) is 0 Å². The van der Waals surface area contributed by atoms with Gasteiger partial charge in [-0.05, 0) is 50.0 Å². The number of hydrogen-bond donors (Lipinski definition) is 0. The third-order valence-corrected chi connectivity index (χ3v) is 7.10. The van der Waals surface area contributed by atoms with Crippen molar-refractivity contribution < 1.29 is 19.2 Å². The van der Waals surface area contributed by atoms with E-state index in [0.717, 1.165) is 47.4 Å². The highest BCUT2D eigenvalue weighted by Gasteiger charge is 2.46. The summed E-state index contributed by atoms with van der Waals surface area (Å²) in [6.45, 7) is 2.20. The SMILES string of the molecule is CCn1cc([N+](=O)[O-])c(C(=O)N2N=C3C(=Cc4ccccc4OC)CCCC3C2c2ccccc2OC)n1. The standard InChI is InChI=1S/C28H29N5O5/c1-4-31-17-22(33(35)36)26(29-31)28(34)32-27(20-12-6-8-15-24(20)38-3)21-13-9-11-19(25(21)30-32)16-18-10-5-7-14-23(18)37-2/h5-8,10,12,14-17,21,27H,4,9,11,13H2,1-3H3. The molecule has 10 heteroatoms. The normalized spacial score (nSPS) is 19.7. The highest BCUT2D eigenvalue weighted by molar-refractivity contribution is 6.09. The van der Waals surface area contributed by atoms with Gasteiger partial charge in [0.1, 0.15) is 17.7 Å². The number of carbonyl (C=O) groups excluding carboxylic acids is 1. The van der Waals surface area contributed by atoms with Crippen LogP contribution in [0.5, 0.6) is 11.5 Å². The highest BCUT2D eigenvalue weighted by atomic mass is 16.6. The van der Waals surface area contributed by atoms with Crippen molar-refractivity contribution in [3.63, 3.8) is 0 Å². The number of amides is 1. The van der Waals surface area contributed by atoms with E-state index < -0.39 is 16.9 Å². The van der Waals surface area contributed by atoms with Crippen molar-refractivity contribution in [2.45, 2.75) is 38.8 Å². The largest absolute Gasteiger partial charge is 0.496 e. The van der Waals surface area contributed by atoms with Gasteiger partial charge in [0.25, 0.3) is 0 Å². The summed E-state index contributed by atoms with van der Waals surface area (Å²) in [6.07, 6.45) is 5.85. The lowest BCUT2D eigenvalue weighted by Gasteiger charge is -2.30. The summed E-state index contributed by atoms with van der Waals surface area (Å²) in [4.78, 5) is 25.2. The Morgan fingerprint density at radius 3 is 2.55 bits per heavy atom. The number of allylic oxidation sites excluding steroid dienone is 1. The molecular weight excluding hydrogens is 486 g/mol. The van der Waals surface area contributed by atoms with Crippen molar-refractivity contribution >= 4 is 23.4 Å². The maximum Gasteiger partial charge on any atom is 0.320 e. The van der Waals surface area contributed by atoms with E-state index in [0.29, 0.717) is 12.3 Å². The number of benzene rings is 2. The molecule has 5 rings (SSSR count). The summed E-state index contributed by atoms with van der Waals surface area (Å²) in [5, 5.41) is 22.3. The number of rotatable bonds is 7. The second kappa shape index (κ2) is 10.5. The molecule has 1 aliphatic heterocycles. The second-order valence-corrected chi connectivity index (χ2v) is 9.21. The highest BCUT2D eigenvalue weighted by Crippen LogP contribution is 2.47. The van der Waals surface area contributed by atoms with Crippen LogP contribution in [-0.2, 0) is 6.54 Å². The summed E-state index contributed by atoms with van der Waals surface area (Å²) < 4.78 is 12.6. The molecule has 3 aromatic rings. The number of aryl methyl sites for hydroxylation is 1. The molecule has 1 amide bonds. The van der Waals surface area contributed by atoms with Gasteiger partial charge < -0.3 is 9.47 Å². The van der Waals surface area contributed by atoms with Crippen molar-refractivity contribution in [2.75, 3.05) is 14.2 Å². The van der Waals surface area contributed by atoms with E-state index in [4.69, 9.17) is 14.6 Å². The number of carbonyl (C=O) groups is 1. The minimum atomic E-state index is -0.613. The van der Waals surface area contributed by atoms with Gasteiger partial charge in [-0.25, -0.2) is 5.01 Å². The van der Waals surface area contributed by atoms with Crippen molar-refractivity contribution in [2.24, 2.45) is 11.0 Å². The van der Waals surface area contributed by atoms with Crippen molar-refractivity contribution in [1.29, 1.82) is 0 Å². The average molecular weight is 516 g/mol. The Kier molecular flexibility index (Phi) is 6.95. The van der Waals surface area contributed by atoms with Crippen molar-refractivity contribution in [1.82, 2.24) is 14.8 Å². The van der Waals surface area contributed by atoms with Crippen LogP contribution in [0.1, 0.15) is 53.8 Å². The number of nitrogens with zero attached hydrogens (tertiary/aromatic N) is 5. The van der Waals surface area contributed by atoms with Gasteiger partial charge in [-0.1, -0.05) is 36.4 Å². The van der Waals surface area contributed by atoms with Crippen LogP contribution in [0, 0.1) is 16.0 Å². The van der Waals surface area contributed by atoms with E-state index in [2.05, 4.69) is 11.2 Å². The Bertz CT molecular complexity index is 1440. The number of ether oxygens (including phenoxy) is 2. The molecule has 0 N–H and O–H groups in total. The molecule has 38 heavy (non-hydrogen) atoms. The molecule has 0 radical (unpaired) electrons. The molecule has 0 spiro atoms. The van der Waals surface area contributed by atoms with Gasteiger partial charge in [-0.3, -0.25) is 19.6 Å². The lowest BCUT2D eigenvalue weighted by Crippen LogP contribution is -2.32. The van der Waals surface area contributed by atoms with Gasteiger partial charge in [0, 0.05) is 23.6 Å². The number of nitro groups is 1. The molecule has 2 aliphatic rings. The van der Waals surface area contributed by atoms with E-state index in [1.807, 2.05) is 55.5 Å². The predicted molar refractivity (Wildman–Crippen MR) is 142 cm³/mol. The molecule has 1 aliphatic carbocycles. The average Bonchev–Trinajstić information content (AvgIpc) is 3.56. The third kappa shape index (κ3) is 4.42. The minimum absolute atomic E-state index is 0.114. The van der Waals surface area contributed by atoms with Crippen LogP contribution in [0.15, 0.2) is 65.4 Å². The maximum absolute atomic E-state index is 14.0. The summed E-state index contributed by atoms with van der Waals surface area (Å²) in [5.41, 5.74) is 2.96. The number of hydrazone groups is 1. The van der Waals surface area contributed by atoms with Crippen LogP contribution in [0.2, 0.25) is 0 Å². The third-order valence-electron chi connectivity index (χ3n) is 7.10. The van der Waals surface area contributed by atoms with E-state index in [-0.39, 0.29) is 17.3 Å². The molecule has 1 saturated carbocycles. The molecule has 10 nitrogen and oxygen atoms in total. The zero-order valence-corrected chi connectivity index (χ0v) is 21.5. The van der Waals surface area contributed by atoms with E-state index in [1.165, 1.54) is 15.9 Å². The first-order valence-electron chi connectivity index (χ1n) is 12.6. The van der Waals surface area contributed by atoms with Gasteiger partial charge >= 0.3 is 11.6 Å². The molecule has 2 aromatic carbocycles.